The number of rotatable bonds is 11. The molecule has 1 heterocycles. The maximum absolute atomic E-state index is 15.4. The number of nitrogens with zero attached hydrogens (tertiary/aromatic N) is 1. The van der Waals surface area contributed by atoms with Crippen LogP contribution in [0, 0.1) is 11.7 Å². The van der Waals surface area contributed by atoms with E-state index in [1.54, 1.807) is 12.1 Å². The van der Waals surface area contributed by atoms with Crippen molar-refractivity contribution in [3.63, 3.8) is 0 Å². The lowest BCUT2D eigenvalue weighted by molar-refractivity contribution is -0.139. The number of nitrogens with one attached hydrogen (secondary N) is 3. The van der Waals surface area contributed by atoms with Crippen molar-refractivity contribution in [1.82, 2.24) is 15.5 Å². The first-order valence-electron chi connectivity index (χ1n) is 14.5. The van der Waals surface area contributed by atoms with Crippen molar-refractivity contribution in [2.75, 3.05) is 18.4 Å². The minimum atomic E-state index is -4.26. The Bertz CT molecular complexity index is 1720. The van der Waals surface area contributed by atoms with E-state index in [2.05, 4.69) is 16.0 Å². The lowest BCUT2D eigenvalue weighted by Crippen LogP contribution is -2.50. The van der Waals surface area contributed by atoms with Gasteiger partial charge in [0.05, 0.1) is 29.2 Å². The Morgan fingerprint density at radius 3 is 2.35 bits per heavy atom. The molecule has 0 bridgehead atoms. The van der Waals surface area contributed by atoms with Crippen molar-refractivity contribution < 1.29 is 37.1 Å². The molecule has 3 aromatic carbocycles. The normalized spacial score (nSPS) is 17.8. The van der Waals surface area contributed by atoms with E-state index < -0.39 is 63.3 Å². The second kappa shape index (κ2) is 14.7. The zero-order chi connectivity index (χ0) is 33.6. The van der Waals surface area contributed by atoms with Gasteiger partial charge in [0.25, 0.3) is 0 Å². The van der Waals surface area contributed by atoms with Crippen molar-refractivity contribution in [2.24, 2.45) is 5.92 Å². The Morgan fingerprint density at radius 1 is 1.00 bits per heavy atom. The van der Waals surface area contributed by atoms with E-state index >= 15 is 4.39 Å². The summed E-state index contributed by atoms with van der Waals surface area (Å²) in [5.74, 6) is -3.20. The number of amides is 4. The van der Waals surface area contributed by atoms with Crippen molar-refractivity contribution >= 4 is 50.9 Å². The molecule has 3 aromatic rings. The number of sulfone groups is 1. The van der Waals surface area contributed by atoms with Crippen molar-refractivity contribution in [3.8, 4) is 0 Å². The topological polar surface area (TPSA) is 162 Å². The van der Waals surface area contributed by atoms with Gasteiger partial charge >= 0.3 is 12.0 Å². The fraction of sp³-hybridized carbons (Fsp3) is 0.312. The zero-order valence-electron chi connectivity index (χ0n) is 25.1. The number of carbonyl (C=O) groups excluding carboxylic acids is 3. The monoisotopic (exact) mass is 672 g/mol. The first-order valence-corrected chi connectivity index (χ1v) is 16.4. The molecule has 3 atom stereocenters. The number of carboxylic acids is 1. The van der Waals surface area contributed by atoms with E-state index in [9.17, 15) is 27.6 Å². The smallest absolute Gasteiger partial charge is 0.319 e. The molecular formula is C32H34ClFN4O7S. The Balaban J connectivity index is 1.67. The summed E-state index contributed by atoms with van der Waals surface area (Å²) in [6.45, 7) is 3.33. The van der Waals surface area contributed by atoms with Gasteiger partial charge in [0.15, 0.2) is 9.84 Å². The van der Waals surface area contributed by atoms with Crippen LogP contribution < -0.4 is 16.0 Å². The first-order chi connectivity index (χ1) is 21.8. The predicted octanol–water partition coefficient (Wildman–Crippen LogP) is 4.18. The third-order valence-corrected chi connectivity index (χ3v) is 9.85. The SMILES string of the molecule is CC(C)CNC(=O)C1CC(S(=O)(=O)c2ccc(Cl)cc2)C(c2ccccc2F)N1C(=O)CNC(=O)Nc1cccc(CC(=O)O)c1. The maximum atomic E-state index is 15.4. The summed E-state index contributed by atoms with van der Waals surface area (Å²) in [6.07, 6.45) is -0.593. The zero-order valence-corrected chi connectivity index (χ0v) is 26.6. The largest absolute Gasteiger partial charge is 0.481 e. The second-order valence-corrected chi connectivity index (χ2v) is 13.9. The van der Waals surface area contributed by atoms with Crippen LogP contribution in [0.3, 0.4) is 0 Å². The standard InChI is InChI=1S/C32H34ClFN4O7S/c1-19(2)17-35-31(42)26-16-27(46(44,45)23-12-10-21(33)11-13-23)30(24-8-3-4-9-25(24)34)38(26)28(39)18-36-32(43)37-22-7-5-6-20(14-22)15-29(40)41/h3-14,19,26-27,30H,15-18H2,1-2H3,(H,35,42)(H,40,41)(H2,36,37,43). The van der Waals surface area contributed by atoms with E-state index in [1.807, 2.05) is 13.8 Å². The highest BCUT2D eigenvalue weighted by Gasteiger charge is 2.53. The molecule has 0 saturated carbocycles. The lowest BCUT2D eigenvalue weighted by Gasteiger charge is -2.32. The van der Waals surface area contributed by atoms with E-state index in [0.717, 1.165) is 11.0 Å². The van der Waals surface area contributed by atoms with Gasteiger partial charge in [-0.15, -0.1) is 0 Å². The number of halogens is 2. The van der Waals surface area contributed by atoms with Gasteiger partial charge in [0, 0.05) is 22.8 Å². The molecule has 14 heteroatoms. The summed E-state index contributed by atoms with van der Waals surface area (Å²) >= 11 is 5.98. The highest BCUT2D eigenvalue weighted by molar-refractivity contribution is 7.92. The molecule has 4 amide bonds. The fourth-order valence-corrected chi connectivity index (χ4v) is 7.38. The molecule has 244 valence electrons. The van der Waals surface area contributed by atoms with Crippen molar-refractivity contribution in [3.05, 3.63) is 94.8 Å². The number of hydrogen-bond acceptors (Lipinski definition) is 6. The Hall–Kier alpha value is -4.49. The predicted molar refractivity (Wildman–Crippen MR) is 169 cm³/mol. The Kier molecular flexibility index (Phi) is 11.0. The number of likely N-dealkylation sites (tertiary alicyclic amines) is 1. The minimum Gasteiger partial charge on any atom is -0.481 e. The summed E-state index contributed by atoms with van der Waals surface area (Å²) in [4.78, 5) is 52.1. The van der Waals surface area contributed by atoms with Gasteiger partial charge in [0.1, 0.15) is 11.9 Å². The molecule has 1 saturated heterocycles. The van der Waals surface area contributed by atoms with E-state index in [1.165, 1.54) is 54.6 Å². The van der Waals surface area contributed by atoms with Gasteiger partial charge in [-0.3, -0.25) is 14.4 Å². The van der Waals surface area contributed by atoms with Crippen LogP contribution in [0.15, 0.2) is 77.7 Å². The van der Waals surface area contributed by atoms with Gasteiger partial charge in [-0.25, -0.2) is 17.6 Å². The average Bonchev–Trinajstić information content (AvgIpc) is 3.40. The van der Waals surface area contributed by atoms with Crippen LogP contribution in [0.4, 0.5) is 14.9 Å². The number of hydrogen-bond donors (Lipinski definition) is 4. The Morgan fingerprint density at radius 2 is 1.70 bits per heavy atom. The van der Waals surface area contributed by atoms with Gasteiger partial charge in [-0.2, -0.15) is 0 Å². The van der Waals surface area contributed by atoms with E-state index in [0.29, 0.717) is 10.6 Å². The van der Waals surface area contributed by atoms with Crippen LogP contribution in [0.2, 0.25) is 5.02 Å². The molecule has 1 aliphatic rings. The summed E-state index contributed by atoms with van der Waals surface area (Å²) in [5, 5.41) is 15.6. The van der Waals surface area contributed by atoms with E-state index in [4.69, 9.17) is 16.7 Å². The molecule has 1 aliphatic heterocycles. The van der Waals surface area contributed by atoms with Crippen LogP contribution in [0.25, 0.3) is 0 Å². The molecule has 46 heavy (non-hydrogen) atoms. The summed E-state index contributed by atoms with van der Waals surface area (Å²) in [5.41, 5.74) is 0.612. The lowest BCUT2D eigenvalue weighted by atomic mass is 10.0. The second-order valence-electron chi connectivity index (χ2n) is 11.3. The number of carbonyl (C=O) groups is 4. The summed E-state index contributed by atoms with van der Waals surface area (Å²) in [6, 6.07) is 13.5. The molecule has 0 radical (unpaired) electrons. The maximum Gasteiger partial charge on any atom is 0.319 e. The summed E-state index contributed by atoms with van der Waals surface area (Å²) in [7, 11) is -4.26. The molecule has 4 N–H and O–H groups in total. The van der Waals surface area contributed by atoms with Gasteiger partial charge < -0.3 is 26.0 Å². The van der Waals surface area contributed by atoms with Crippen LogP contribution in [-0.2, 0) is 30.6 Å². The number of anilines is 1. The number of carboxylic acid groups (broad SMARTS) is 1. The molecule has 0 aliphatic carbocycles. The van der Waals surface area contributed by atoms with Crippen LogP contribution >= 0.6 is 11.6 Å². The third kappa shape index (κ3) is 8.20. The van der Waals surface area contributed by atoms with Crippen LogP contribution in [-0.4, -0.2) is 66.6 Å². The van der Waals surface area contributed by atoms with Gasteiger partial charge in [-0.05, 0) is 60.4 Å². The first kappa shape index (κ1) is 34.4. The minimum absolute atomic E-state index is 0.0461. The van der Waals surface area contributed by atoms with Crippen molar-refractivity contribution in [1.29, 1.82) is 0 Å². The van der Waals surface area contributed by atoms with Crippen LogP contribution in [0.1, 0.15) is 37.4 Å². The molecule has 1 fully saturated rings. The van der Waals surface area contributed by atoms with Gasteiger partial charge in [-0.1, -0.05) is 55.8 Å². The molecule has 3 unspecified atom stereocenters. The summed E-state index contributed by atoms with van der Waals surface area (Å²) < 4.78 is 43.5. The average molecular weight is 673 g/mol. The molecular weight excluding hydrogens is 639 g/mol. The van der Waals surface area contributed by atoms with Crippen molar-refractivity contribution in [2.45, 2.75) is 48.9 Å². The molecule has 4 rings (SSSR count). The number of aliphatic carboxylic acids is 1. The fourth-order valence-electron chi connectivity index (χ4n) is 5.34. The van der Waals surface area contributed by atoms with Crippen LogP contribution in [0.5, 0.6) is 0 Å². The quantitative estimate of drug-likeness (QED) is 0.238. The number of urea groups is 1. The van der Waals surface area contributed by atoms with Gasteiger partial charge in [0.2, 0.25) is 11.8 Å². The molecule has 0 spiro atoms. The van der Waals surface area contributed by atoms with E-state index in [-0.39, 0.29) is 41.5 Å². The highest BCUT2D eigenvalue weighted by atomic mass is 35.5. The third-order valence-electron chi connectivity index (χ3n) is 7.42. The highest BCUT2D eigenvalue weighted by Crippen LogP contribution is 2.43. The number of benzene rings is 3. The Labute approximate surface area is 271 Å². The molecule has 11 nitrogen and oxygen atoms in total. The molecule has 0 aromatic heterocycles.